The van der Waals surface area contributed by atoms with Crippen molar-refractivity contribution in [3.8, 4) is 11.5 Å². The van der Waals surface area contributed by atoms with Crippen LogP contribution in [0.25, 0.3) is 0 Å². The first-order valence-electron chi connectivity index (χ1n) is 7.19. The first kappa shape index (κ1) is 19.5. The fraction of sp³-hybridized carbons (Fsp3) is 0.500. The van der Waals surface area contributed by atoms with Crippen molar-refractivity contribution in [3.63, 3.8) is 0 Å². The van der Waals surface area contributed by atoms with Crippen molar-refractivity contribution in [1.29, 1.82) is 0 Å². The zero-order chi connectivity index (χ0) is 16.3. The third kappa shape index (κ3) is 4.97. The lowest BCUT2D eigenvalue weighted by molar-refractivity contribution is 0.353. The van der Waals surface area contributed by atoms with Crippen LogP contribution in [0.3, 0.4) is 0 Å². The van der Waals surface area contributed by atoms with Crippen LogP contribution in [0.15, 0.2) is 23.3 Å². The lowest BCUT2D eigenvalue weighted by atomic mass is 9.98. The molecule has 2 rings (SSSR count). The average Bonchev–Trinajstić information content (AvgIpc) is 2.53. The molecule has 0 atom stereocenters. The zero-order valence-corrected chi connectivity index (χ0v) is 15.8. The number of halogens is 1. The van der Waals surface area contributed by atoms with Crippen LogP contribution in [-0.2, 0) is 6.54 Å². The molecule has 0 aromatic heterocycles. The SMILES string of the molecule is COc1ccc(CN2N=C(C)CC(C)(C)NC2=S)cc1OC.Cl. The van der Waals surface area contributed by atoms with Gasteiger partial charge in [0.25, 0.3) is 0 Å². The highest BCUT2D eigenvalue weighted by Crippen LogP contribution is 2.28. The van der Waals surface area contributed by atoms with Crippen molar-refractivity contribution in [2.24, 2.45) is 5.10 Å². The summed E-state index contributed by atoms with van der Waals surface area (Å²) < 4.78 is 10.6. The fourth-order valence-electron chi connectivity index (χ4n) is 2.58. The van der Waals surface area contributed by atoms with Crippen molar-refractivity contribution >= 4 is 35.4 Å². The summed E-state index contributed by atoms with van der Waals surface area (Å²) in [6, 6.07) is 5.83. The zero-order valence-electron chi connectivity index (χ0n) is 14.2. The minimum Gasteiger partial charge on any atom is -0.493 e. The number of methoxy groups -OCH3 is 2. The predicted molar refractivity (Wildman–Crippen MR) is 99.9 cm³/mol. The number of nitrogens with one attached hydrogen (secondary N) is 1. The van der Waals surface area contributed by atoms with Crippen LogP contribution >= 0.6 is 24.6 Å². The summed E-state index contributed by atoms with van der Waals surface area (Å²) in [4.78, 5) is 0. The van der Waals surface area contributed by atoms with Crippen LogP contribution in [0.5, 0.6) is 11.5 Å². The van der Waals surface area contributed by atoms with E-state index >= 15 is 0 Å². The maximum atomic E-state index is 5.48. The molecule has 0 unspecified atom stereocenters. The lowest BCUT2D eigenvalue weighted by Gasteiger charge is -2.27. The van der Waals surface area contributed by atoms with E-state index in [2.05, 4.69) is 24.3 Å². The van der Waals surface area contributed by atoms with Crippen molar-refractivity contribution < 1.29 is 9.47 Å². The molecule has 0 saturated heterocycles. The normalized spacial score (nSPS) is 16.7. The molecule has 0 spiro atoms. The molecule has 1 aliphatic heterocycles. The summed E-state index contributed by atoms with van der Waals surface area (Å²) in [5, 5.41) is 10.4. The Morgan fingerprint density at radius 1 is 1.26 bits per heavy atom. The van der Waals surface area contributed by atoms with E-state index in [9.17, 15) is 0 Å². The summed E-state index contributed by atoms with van der Waals surface area (Å²) in [7, 11) is 3.26. The summed E-state index contributed by atoms with van der Waals surface area (Å²) in [6.07, 6.45) is 0.857. The van der Waals surface area contributed by atoms with E-state index in [1.165, 1.54) is 0 Å². The van der Waals surface area contributed by atoms with Gasteiger partial charge in [0.1, 0.15) is 0 Å². The third-order valence-electron chi connectivity index (χ3n) is 3.45. The Hall–Kier alpha value is -1.53. The van der Waals surface area contributed by atoms with Gasteiger partial charge < -0.3 is 14.8 Å². The highest BCUT2D eigenvalue weighted by Gasteiger charge is 2.26. The van der Waals surface area contributed by atoms with Gasteiger partial charge in [-0.2, -0.15) is 5.10 Å². The van der Waals surface area contributed by atoms with Gasteiger partial charge in [-0.1, -0.05) is 6.07 Å². The van der Waals surface area contributed by atoms with Crippen molar-refractivity contribution in [2.45, 2.75) is 39.3 Å². The van der Waals surface area contributed by atoms with Crippen molar-refractivity contribution in [1.82, 2.24) is 10.3 Å². The number of hydrogen-bond donors (Lipinski definition) is 1. The van der Waals surface area contributed by atoms with E-state index in [0.29, 0.717) is 23.2 Å². The number of hydrazone groups is 1. The van der Waals surface area contributed by atoms with Crippen LogP contribution in [0.4, 0.5) is 0 Å². The van der Waals surface area contributed by atoms with Crippen LogP contribution in [-0.4, -0.2) is 35.6 Å². The Balaban J connectivity index is 0.00000264. The summed E-state index contributed by atoms with van der Waals surface area (Å²) >= 11 is 5.48. The largest absolute Gasteiger partial charge is 0.493 e. The molecule has 23 heavy (non-hydrogen) atoms. The molecule has 0 amide bonds. The minimum atomic E-state index is -0.0863. The minimum absolute atomic E-state index is 0. The average molecular weight is 358 g/mol. The molecule has 0 radical (unpaired) electrons. The lowest BCUT2D eigenvalue weighted by Crippen LogP contribution is -2.46. The number of rotatable bonds is 4. The van der Waals surface area contributed by atoms with E-state index in [0.717, 1.165) is 17.7 Å². The first-order chi connectivity index (χ1) is 10.3. The first-order valence-corrected chi connectivity index (χ1v) is 7.60. The van der Waals surface area contributed by atoms with Gasteiger partial charge in [-0.3, -0.25) is 0 Å². The molecule has 7 heteroatoms. The van der Waals surface area contributed by atoms with E-state index in [4.69, 9.17) is 21.7 Å². The van der Waals surface area contributed by atoms with E-state index in [-0.39, 0.29) is 17.9 Å². The molecular formula is C16H24ClN3O2S. The molecule has 1 aliphatic rings. The van der Waals surface area contributed by atoms with Crippen LogP contribution in [0, 0.1) is 0 Å². The van der Waals surface area contributed by atoms with Gasteiger partial charge in [-0.05, 0) is 50.7 Å². The Morgan fingerprint density at radius 2 is 1.91 bits per heavy atom. The van der Waals surface area contributed by atoms with Gasteiger partial charge in [0.15, 0.2) is 16.6 Å². The topological polar surface area (TPSA) is 46.1 Å². The van der Waals surface area contributed by atoms with Gasteiger partial charge >= 0.3 is 0 Å². The number of ether oxygens (including phenoxy) is 2. The van der Waals surface area contributed by atoms with Crippen molar-refractivity contribution in [3.05, 3.63) is 23.8 Å². The van der Waals surface area contributed by atoms with Gasteiger partial charge in [-0.15, -0.1) is 12.4 Å². The summed E-state index contributed by atoms with van der Waals surface area (Å²) in [6.45, 7) is 6.86. The molecule has 1 N–H and O–H groups in total. The van der Waals surface area contributed by atoms with Crippen LogP contribution in [0.2, 0.25) is 0 Å². The van der Waals surface area contributed by atoms with E-state index in [1.54, 1.807) is 14.2 Å². The molecule has 128 valence electrons. The Kier molecular flexibility index (Phi) is 6.65. The predicted octanol–water partition coefficient (Wildman–Crippen LogP) is 3.36. The molecule has 1 heterocycles. The van der Waals surface area contributed by atoms with Crippen molar-refractivity contribution in [2.75, 3.05) is 14.2 Å². The summed E-state index contributed by atoms with van der Waals surface area (Å²) in [5.74, 6) is 1.42. The second-order valence-corrected chi connectivity index (χ2v) is 6.46. The van der Waals surface area contributed by atoms with Gasteiger partial charge in [0.05, 0.1) is 20.8 Å². The molecule has 0 aliphatic carbocycles. The molecule has 1 aromatic rings. The number of hydrogen-bond acceptors (Lipinski definition) is 4. The molecule has 0 fully saturated rings. The molecule has 0 saturated carbocycles. The quantitative estimate of drug-likeness (QED) is 0.837. The second kappa shape index (κ2) is 7.84. The Bertz CT molecular complexity index is 605. The van der Waals surface area contributed by atoms with Gasteiger partial charge in [-0.25, -0.2) is 5.01 Å². The molecule has 0 bridgehead atoms. The van der Waals surface area contributed by atoms with Gasteiger partial charge in [0, 0.05) is 17.7 Å². The Labute approximate surface area is 149 Å². The fourth-order valence-corrected chi connectivity index (χ4v) is 2.97. The monoisotopic (exact) mass is 357 g/mol. The van der Waals surface area contributed by atoms with Crippen LogP contribution < -0.4 is 14.8 Å². The van der Waals surface area contributed by atoms with Gasteiger partial charge in [0.2, 0.25) is 0 Å². The number of benzene rings is 1. The maximum Gasteiger partial charge on any atom is 0.190 e. The third-order valence-corrected chi connectivity index (χ3v) is 3.76. The Morgan fingerprint density at radius 3 is 2.52 bits per heavy atom. The standard InChI is InChI=1S/C16H23N3O2S.ClH/c1-11-9-16(2,3)17-15(22)19(18-11)10-12-6-7-13(20-4)14(8-12)21-5;/h6-8H,9-10H2,1-5H3,(H,17,22);1H. The second-order valence-electron chi connectivity index (χ2n) is 6.07. The number of thiocarbonyl (C=S) groups is 1. The molecule has 1 aromatic carbocycles. The molecule has 5 nitrogen and oxygen atoms in total. The summed E-state index contributed by atoms with van der Waals surface area (Å²) in [5.41, 5.74) is 2.02. The molecular weight excluding hydrogens is 334 g/mol. The van der Waals surface area contributed by atoms with E-state index in [1.807, 2.05) is 30.1 Å². The maximum absolute atomic E-state index is 5.48. The number of nitrogens with zero attached hydrogens (tertiary/aromatic N) is 2. The smallest absolute Gasteiger partial charge is 0.190 e. The van der Waals surface area contributed by atoms with Crippen LogP contribution in [0.1, 0.15) is 32.8 Å². The highest BCUT2D eigenvalue weighted by molar-refractivity contribution is 7.80. The highest BCUT2D eigenvalue weighted by atomic mass is 35.5. The van der Waals surface area contributed by atoms with E-state index < -0.39 is 0 Å².